The van der Waals surface area contributed by atoms with Crippen LogP contribution >= 0.6 is 0 Å². The molecule has 1 aromatic heterocycles. The van der Waals surface area contributed by atoms with Crippen molar-refractivity contribution in [1.29, 1.82) is 0 Å². The summed E-state index contributed by atoms with van der Waals surface area (Å²) in [4.78, 5) is 6.54. The molecule has 8 heteroatoms. The second kappa shape index (κ2) is 4.47. The third-order valence-electron chi connectivity index (χ3n) is 1.32. The zero-order valence-electron chi connectivity index (χ0n) is 7.13. The van der Waals surface area contributed by atoms with Gasteiger partial charge >= 0.3 is 6.36 Å². The molecule has 1 rings (SSSR count). The van der Waals surface area contributed by atoms with Crippen molar-refractivity contribution >= 4 is 0 Å². The first kappa shape index (κ1) is 11.8. The summed E-state index contributed by atoms with van der Waals surface area (Å²) in [6.07, 6.45) is -6.73. The summed E-state index contributed by atoms with van der Waals surface area (Å²) < 4.78 is 62.2. The van der Waals surface area contributed by atoms with Gasteiger partial charge < -0.3 is 0 Å². The predicted octanol–water partition coefficient (Wildman–Crippen LogP) is 2.45. The molecule has 0 radical (unpaired) electrons. The third-order valence-corrected chi connectivity index (χ3v) is 1.32. The molecular weight excluding hydrogens is 223 g/mol. The van der Waals surface area contributed by atoms with Crippen LogP contribution in [0.5, 0.6) is 0 Å². The van der Waals surface area contributed by atoms with E-state index in [-0.39, 0.29) is 0 Å². The minimum absolute atomic E-state index is 0.440. The van der Waals surface area contributed by atoms with Crippen LogP contribution in [0.3, 0.4) is 0 Å². The maximum atomic E-state index is 12.1. The van der Waals surface area contributed by atoms with Gasteiger partial charge in [-0.25, -0.2) is 18.7 Å². The van der Waals surface area contributed by atoms with E-state index in [2.05, 4.69) is 14.7 Å². The van der Waals surface area contributed by atoms with Gasteiger partial charge in [0.05, 0.1) is 0 Å². The lowest BCUT2D eigenvalue weighted by molar-refractivity contribution is -0.331. The molecule has 15 heavy (non-hydrogen) atoms. The summed E-state index contributed by atoms with van der Waals surface area (Å²) >= 11 is 0. The Balaban J connectivity index is 2.66. The Morgan fingerprint density at radius 1 is 1.33 bits per heavy atom. The van der Waals surface area contributed by atoms with E-state index in [1.165, 1.54) is 0 Å². The Labute approximate surface area is 80.9 Å². The molecule has 0 spiro atoms. The van der Waals surface area contributed by atoms with Crippen LogP contribution in [0.1, 0.15) is 17.9 Å². The normalized spacial score (nSPS) is 12.1. The monoisotopic (exact) mass is 228 g/mol. The molecule has 0 aliphatic carbocycles. The molecule has 0 saturated carbocycles. The van der Waals surface area contributed by atoms with Gasteiger partial charge in [0.25, 0.3) is 6.43 Å². The van der Waals surface area contributed by atoms with Crippen LogP contribution in [-0.4, -0.2) is 16.3 Å². The first-order chi connectivity index (χ1) is 6.88. The first-order valence-electron chi connectivity index (χ1n) is 3.69. The van der Waals surface area contributed by atoms with Gasteiger partial charge in [-0.05, 0) is 6.07 Å². The average Bonchev–Trinajstić information content (AvgIpc) is 2.14. The van der Waals surface area contributed by atoms with E-state index >= 15 is 0 Å². The SMILES string of the molecule is FC(F)c1ccnc(COC(F)(F)F)n1. The molecule has 0 amide bonds. The van der Waals surface area contributed by atoms with Crippen LogP contribution < -0.4 is 0 Å². The summed E-state index contributed by atoms with van der Waals surface area (Å²) in [5.41, 5.74) is -0.634. The van der Waals surface area contributed by atoms with Crippen molar-refractivity contribution in [2.75, 3.05) is 0 Å². The third kappa shape index (κ3) is 4.15. The van der Waals surface area contributed by atoms with Gasteiger partial charge in [0.15, 0.2) is 5.82 Å². The van der Waals surface area contributed by atoms with Gasteiger partial charge in [0, 0.05) is 6.20 Å². The second-order valence-electron chi connectivity index (χ2n) is 2.43. The minimum Gasteiger partial charge on any atom is -0.284 e. The molecule has 0 aliphatic rings. The number of ether oxygens (including phenoxy) is 1. The summed E-state index contributed by atoms with van der Waals surface area (Å²) in [5, 5.41) is 0. The Morgan fingerprint density at radius 3 is 2.53 bits per heavy atom. The van der Waals surface area contributed by atoms with Crippen molar-refractivity contribution < 1.29 is 26.7 Å². The molecule has 0 unspecified atom stereocenters. The summed E-state index contributed by atoms with van der Waals surface area (Å²) in [5.74, 6) is -0.440. The summed E-state index contributed by atoms with van der Waals surface area (Å²) in [7, 11) is 0. The van der Waals surface area contributed by atoms with E-state index in [4.69, 9.17) is 0 Å². The van der Waals surface area contributed by atoms with Crippen LogP contribution in [0.25, 0.3) is 0 Å². The molecule has 0 N–H and O–H groups in total. The molecule has 0 aliphatic heterocycles. The highest BCUT2D eigenvalue weighted by atomic mass is 19.4. The average molecular weight is 228 g/mol. The van der Waals surface area contributed by atoms with Crippen LogP contribution in [-0.2, 0) is 11.3 Å². The molecule has 0 fully saturated rings. The number of rotatable bonds is 3. The quantitative estimate of drug-likeness (QED) is 0.745. The van der Waals surface area contributed by atoms with Crippen molar-refractivity contribution in [3.8, 4) is 0 Å². The van der Waals surface area contributed by atoms with Gasteiger partial charge in [0.2, 0.25) is 0 Å². The molecule has 0 bridgehead atoms. The van der Waals surface area contributed by atoms with Gasteiger partial charge in [-0.3, -0.25) is 4.74 Å². The molecule has 0 aromatic carbocycles. The fraction of sp³-hybridized carbons (Fsp3) is 0.429. The lowest BCUT2D eigenvalue weighted by Gasteiger charge is -2.06. The van der Waals surface area contributed by atoms with E-state index in [0.29, 0.717) is 0 Å². The summed E-state index contributed by atoms with van der Waals surface area (Å²) in [6.45, 7) is -0.982. The molecule has 3 nitrogen and oxygen atoms in total. The lowest BCUT2D eigenvalue weighted by Crippen LogP contribution is -2.14. The number of halogens is 5. The van der Waals surface area contributed by atoms with Crippen molar-refractivity contribution in [2.24, 2.45) is 0 Å². The Kier molecular flexibility index (Phi) is 3.51. The fourth-order valence-electron chi connectivity index (χ4n) is 0.752. The zero-order valence-corrected chi connectivity index (χ0v) is 7.13. The standard InChI is InChI=1S/C7H5F5N2O/c8-6(9)4-1-2-13-5(14-4)3-15-7(10,11)12/h1-2,6H,3H2. The highest BCUT2D eigenvalue weighted by Gasteiger charge is 2.29. The molecule has 0 saturated heterocycles. The van der Waals surface area contributed by atoms with Gasteiger partial charge in [-0.1, -0.05) is 0 Å². The number of hydrogen-bond donors (Lipinski definition) is 0. The van der Waals surface area contributed by atoms with Crippen molar-refractivity contribution in [2.45, 2.75) is 19.4 Å². The largest absolute Gasteiger partial charge is 0.522 e. The maximum Gasteiger partial charge on any atom is 0.522 e. The molecule has 1 heterocycles. The number of hydrogen-bond acceptors (Lipinski definition) is 3. The van der Waals surface area contributed by atoms with Crippen LogP contribution in [0.2, 0.25) is 0 Å². The van der Waals surface area contributed by atoms with E-state index in [0.717, 1.165) is 12.3 Å². The van der Waals surface area contributed by atoms with Crippen LogP contribution in [0.15, 0.2) is 12.3 Å². The maximum absolute atomic E-state index is 12.1. The van der Waals surface area contributed by atoms with Crippen molar-refractivity contribution in [1.82, 2.24) is 9.97 Å². The van der Waals surface area contributed by atoms with Crippen molar-refractivity contribution in [3.05, 3.63) is 23.8 Å². The van der Waals surface area contributed by atoms with Gasteiger partial charge in [-0.2, -0.15) is 0 Å². The van der Waals surface area contributed by atoms with E-state index in [1.807, 2.05) is 0 Å². The number of alkyl halides is 5. The number of aromatic nitrogens is 2. The van der Waals surface area contributed by atoms with Crippen molar-refractivity contribution in [3.63, 3.8) is 0 Å². The topological polar surface area (TPSA) is 35.0 Å². The highest BCUT2D eigenvalue weighted by Crippen LogP contribution is 2.19. The van der Waals surface area contributed by atoms with Gasteiger partial charge in [-0.15, -0.1) is 13.2 Å². The minimum atomic E-state index is -4.83. The van der Waals surface area contributed by atoms with Gasteiger partial charge in [0.1, 0.15) is 12.3 Å². The molecule has 84 valence electrons. The summed E-state index contributed by atoms with van der Waals surface area (Å²) in [6, 6.07) is 0.918. The van der Waals surface area contributed by atoms with E-state index < -0.39 is 30.9 Å². The predicted molar refractivity (Wildman–Crippen MR) is 37.8 cm³/mol. The lowest BCUT2D eigenvalue weighted by atomic mass is 10.4. The smallest absolute Gasteiger partial charge is 0.284 e. The fourth-order valence-corrected chi connectivity index (χ4v) is 0.752. The Bertz CT molecular complexity index is 327. The van der Waals surface area contributed by atoms with E-state index in [1.54, 1.807) is 0 Å². The van der Waals surface area contributed by atoms with Crippen LogP contribution in [0.4, 0.5) is 22.0 Å². The van der Waals surface area contributed by atoms with Crippen LogP contribution in [0, 0.1) is 0 Å². The Hall–Kier alpha value is -1.31. The first-order valence-corrected chi connectivity index (χ1v) is 3.69. The molecule has 1 aromatic rings. The zero-order chi connectivity index (χ0) is 11.5. The highest BCUT2D eigenvalue weighted by molar-refractivity contribution is 5.02. The Morgan fingerprint density at radius 2 is 2.00 bits per heavy atom. The second-order valence-corrected chi connectivity index (χ2v) is 2.43. The molecule has 0 atom stereocenters. The molecular formula is C7H5F5N2O. The number of nitrogens with zero attached hydrogens (tertiary/aromatic N) is 2. The van der Waals surface area contributed by atoms with E-state index in [9.17, 15) is 22.0 Å².